The molecule has 0 aromatic heterocycles. The van der Waals surface area contributed by atoms with Gasteiger partial charge in [0, 0.05) is 26.6 Å². The molecule has 25 heavy (non-hydrogen) atoms. The molecule has 1 rings (SSSR count). The van der Waals surface area contributed by atoms with Crippen LogP contribution in [0, 0.1) is 13.8 Å². The fraction of sp³-hybridized carbons (Fsp3) is 0.500. The molecule has 0 bridgehead atoms. The van der Waals surface area contributed by atoms with Gasteiger partial charge in [0.25, 0.3) is 5.91 Å². The van der Waals surface area contributed by atoms with Crippen LogP contribution in [-0.2, 0) is 19.1 Å². The lowest BCUT2D eigenvalue weighted by Gasteiger charge is -2.22. The van der Waals surface area contributed by atoms with E-state index in [1.54, 1.807) is 0 Å². The molecule has 7 heteroatoms. The van der Waals surface area contributed by atoms with Crippen molar-refractivity contribution in [3.63, 3.8) is 0 Å². The normalized spacial score (nSPS) is 10.1. The van der Waals surface area contributed by atoms with Gasteiger partial charge in [0.15, 0.2) is 6.61 Å². The van der Waals surface area contributed by atoms with Crippen molar-refractivity contribution in [3.05, 3.63) is 29.3 Å². The quantitative estimate of drug-likeness (QED) is 0.677. The zero-order valence-electron chi connectivity index (χ0n) is 15.3. The Balaban J connectivity index is 2.64. The molecule has 1 N–H and O–H groups in total. The smallest absolute Gasteiger partial charge is 0.307 e. The lowest BCUT2D eigenvalue weighted by atomic mass is 10.1. The molecule has 0 heterocycles. The van der Waals surface area contributed by atoms with Crippen molar-refractivity contribution in [1.82, 2.24) is 10.2 Å². The number of esters is 1. The highest BCUT2D eigenvalue weighted by Crippen LogP contribution is 2.19. The molecular formula is C18H26N2O5. The van der Waals surface area contributed by atoms with E-state index in [2.05, 4.69) is 10.1 Å². The first-order valence-electron chi connectivity index (χ1n) is 8.12. The first-order chi connectivity index (χ1) is 11.8. The second-order valence-electron chi connectivity index (χ2n) is 5.75. The summed E-state index contributed by atoms with van der Waals surface area (Å²) in [5.41, 5.74) is 1.99. The monoisotopic (exact) mass is 350 g/mol. The van der Waals surface area contributed by atoms with Crippen LogP contribution in [0.15, 0.2) is 18.2 Å². The van der Waals surface area contributed by atoms with Crippen LogP contribution in [0.2, 0.25) is 0 Å². The number of hydrogen-bond donors (Lipinski definition) is 1. The Hall–Kier alpha value is -2.57. The maximum atomic E-state index is 12.4. The highest BCUT2D eigenvalue weighted by molar-refractivity contribution is 5.79. The first-order valence-corrected chi connectivity index (χ1v) is 8.12. The predicted molar refractivity (Wildman–Crippen MR) is 93.3 cm³/mol. The van der Waals surface area contributed by atoms with Crippen molar-refractivity contribution < 1.29 is 23.9 Å². The van der Waals surface area contributed by atoms with Gasteiger partial charge in [-0.05, 0) is 31.0 Å². The molecule has 0 saturated heterocycles. The second-order valence-corrected chi connectivity index (χ2v) is 5.75. The molecule has 0 saturated carbocycles. The highest BCUT2D eigenvalue weighted by Gasteiger charge is 2.16. The lowest BCUT2D eigenvalue weighted by Crippen LogP contribution is -2.41. The summed E-state index contributed by atoms with van der Waals surface area (Å²) in [7, 11) is 1.30. The van der Waals surface area contributed by atoms with E-state index in [0.717, 1.165) is 11.1 Å². The van der Waals surface area contributed by atoms with Gasteiger partial charge in [-0.15, -0.1) is 0 Å². The minimum atomic E-state index is -0.396. The van der Waals surface area contributed by atoms with E-state index in [0.29, 0.717) is 18.8 Å². The van der Waals surface area contributed by atoms with Crippen molar-refractivity contribution in [2.75, 3.05) is 33.4 Å². The van der Waals surface area contributed by atoms with E-state index in [4.69, 9.17) is 4.74 Å². The topological polar surface area (TPSA) is 84.9 Å². The van der Waals surface area contributed by atoms with Crippen LogP contribution < -0.4 is 10.1 Å². The molecule has 0 atom stereocenters. The standard InChI is InChI=1S/C18H26N2O5/c1-13-5-6-14(2)16(11-13)25-12-17(22)20(9-7-18(23)24-4)10-8-19-15(3)21/h5-6,11H,7-10,12H2,1-4H3,(H,19,21). The van der Waals surface area contributed by atoms with E-state index in [9.17, 15) is 14.4 Å². The number of benzene rings is 1. The van der Waals surface area contributed by atoms with Crippen molar-refractivity contribution in [3.8, 4) is 5.75 Å². The second kappa shape index (κ2) is 10.3. The molecule has 0 unspecified atom stereocenters. The average Bonchev–Trinajstić information content (AvgIpc) is 2.57. The third-order valence-corrected chi connectivity index (χ3v) is 3.62. The molecule has 0 aliphatic heterocycles. The van der Waals surface area contributed by atoms with Gasteiger partial charge in [-0.3, -0.25) is 14.4 Å². The molecule has 0 aliphatic rings. The van der Waals surface area contributed by atoms with Gasteiger partial charge in [0.2, 0.25) is 5.91 Å². The number of hydrogen-bond acceptors (Lipinski definition) is 5. The van der Waals surface area contributed by atoms with Crippen LogP contribution in [0.3, 0.4) is 0 Å². The Bertz CT molecular complexity index is 615. The van der Waals surface area contributed by atoms with Crippen molar-refractivity contribution in [2.24, 2.45) is 0 Å². The minimum Gasteiger partial charge on any atom is -0.483 e. The first kappa shape index (κ1) is 20.5. The Morgan fingerprint density at radius 1 is 1.16 bits per heavy atom. The molecule has 2 amide bonds. The summed E-state index contributed by atoms with van der Waals surface area (Å²) >= 11 is 0. The van der Waals surface area contributed by atoms with Crippen LogP contribution in [0.1, 0.15) is 24.5 Å². The summed E-state index contributed by atoms with van der Waals surface area (Å²) in [6.07, 6.45) is 0.0891. The van der Waals surface area contributed by atoms with Crippen molar-refractivity contribution in [2.45, 2.75) is 27.2 Å². The maximum Gasteiger partial charge on any atom is 0.307 e. The van der Waals surface area contributed by atoms with Gasteiger partial charge < -0.3 is 19.7 Å². The number of aryl methyl sites for hydroxylation is 2. The summed E-state index contributed by atoms with van der Waals surface area (Å²) in [5.74, 6) is -0.168. The lowest BCUT2D eigenvalue weighted by molar-refractivity contribution is -0.142. The molecule has 1 aromatic carbocycles. The molecule has 1 aromatic rings. The molecule has 0 spiro atoms. The Morgan fingerprint density at radius 3 is 2.52 bits per heavy atom. The summed E-state index contributed by atoms with van der Waals surface area (Å²) in [4.78, 5) is 36.2. The minimum absolute atomic E-state index is 0.0891. The maximum absolute atomic E-state index is 12.4. The number of nitrogens with zero attached hydrogens (tertiary/aromatic N) is 1. The summed E-state index contributed by atoms with van der Waals surface area (Å²) in [6.45, 7) is 5.95. The van der Waals surface area contributed by atoms with Gasteiger partial charge in [-0.1, -0.05) is 12.1 Å². The van der Waals surface area contributed by atoms with Gasteiger partial charge in [-0.2, -0.15) is 0 Å². The van der Waals surface area contributed by atoms with Gasteiger partial charge >= 0.3 is 5.97 Å². The average molecular weight is 350 g/mol. The third-order valence-electron chi connectivity index (χ3n) is 3.62. The summed E-state index contributed by atoms with van der Waals surface area (Å²) < 4.78 is 10.2. The number of methoxy groups -OCH3 is 1. The van der Waals surface area contributed by atoms with E-state index in [1.807, 2.05) is 32.0 Å². The molecule has 0 radical (unpaired) electrons. The summed E-state index contributed by atoms with van der Waals surface area (Å²) in [6, 6.07) is 5.78. The molecule has 7 nitrogen and oxygen atoms in total. The van der Waals surface area contributed by atoms with E-state index in [-0.39, 0.29) is 31.4 Å². The predicted octanol–water partition coefficient (Wildman–Crippen LogP) is 1.21. The van der Waals surface area contributed by atoms with Crippen LogP contribution in [0.25, 0.3) is 0 Å². The highest BCUT2D eigenvalue weighted by atomic mass is 16.5. The van der Waals surface area contributed by atoms with Crippen LogP contribution in [-0.4, -0.2) is 56.0 Å². The summed E-state index contributed by atoms with van der Waals surface area (Å²) in [5, 5.41) is 2.63. The van der Waals surface area contributed by atoms with E-state index in [1.165, 1.54) is 18.9 Å². The van der Waals surface area contributed by atoms with Gasteiger partial charge in [0.1, 0.15) is 5.75 Å². The van der Waals surface area contributed by atoms with Crippen LogP contribution in [0.5, 0.6) is 5.75 Å². The molecular weight excluding hydrogens is 324 g/mol. The number of amides is 2. The molecule has 0 aliphatic carbocycles. The number of nitrogens with one attached hydrogen (secondary N) is 1. The fourth-order valence-electron chi connectivity index (χ4n) is 2.15. The van der Waals surface area contributed by atoms with Crippen molar-refractivity contribution in [1.29, 1.82) is 0 Å². The number of carbonyl (C=O) groups is 3. The van der Waals surface area contributed by atoms with E-state index >= 15 is 0 Å². The number of ether oxygens (including phenoxy) is 2. The third kappa shape index (κ3) is 7.69. The zero-order valence-corrected chi connectivity index (χ0v) is 15.3. The molecule has 0 fully saturated rings. The van der Waals surface area contributed by atoms with Crippen LogP contribution >= 0.6 is 0 Å². The Morgan fingerprint density at radius 2 is 1.88 bits per heavy atom. The van der Waals surface area contributed by atoms with Crippen molar-refractivity contribution >= 4 is 17.8 Å². The number of rotatable bonds is 9. The largest absolute Gasteiger partial charge is 0.483 e. The van der Waals surface area contributed by atoms with Gasteiger partial charge in [0.05, 0.1) is 13.5 Å². The zero-order chi connectivity index (χ0) is 18.8. The van der Waals surface area contributed by atoms with Crippen LogP contribution in [0.4, 0.5) is 0 Å². The Kier molecular flexibility index (Phi) is 8.46. The number of carbonyl (C=O) groups excluding carboxylic acids is 3. The molecule has 138 valence electrons. The Labute approximate surface area is 148 Å². The van der Waals surface area contributed by atoms with Gasteiger partial charge in [-0.25, -0.2) is 0 Å². The fourth-order valence-corrected chi connectivity index (χ4v) is 2.15. The van der Waals surface area contributed by atoms with E-state index < -0.39 is 5.97 Å². The SMILES string of the molecule is COC(=O)CCN(CCNC(C)=O)C(=O)COc1cc(C)ccc1C.